The number of carbonyl (C=O) groups excluding carboxylic acids is 1. The number of sulfonamides is 2. The molecule has 0 fully saturated rings. The number of hydrogen-bond acceptors (Lipinski definition) is 5. The lowest BCUT2D eigenvalue weighted by atomic mass is 10.1. The van der Waals surface area contributed by atoms with Gasteiger partial charge in [-0.3, -0.25) is 14.2 Å². The quantitative estimate of drug-likeness (QED) is 0.483. The lowest BCUT2D eigenvalue weighted by Crippen LogP contribution is -2.15. The van der Waals surface area contributed by atoms with Gasteiger partial charge in [-0.25, -0.2) is 16.8 Å². The van der Waals surface area contributed by atoms with Crippen molar-refractivity contribution in [2.45, 2.75) is 18.7 Å². The van der Waals surface area contributed by atoms with Crippen molar-refractivity contribution >= 4 is 43.0 Å². The zero-order valence-corrected chi connectivity index (χ0v) is 19.3. The van der Waals surface area contributed by atoms with Gasteiger partial charge in [0.15, 0.2) is 0 Å². The van der Waals surface area contributed by atoms with Crippen molar-refractivity contribution in [1.82, 2.24) is 0 Å². The van der Waals surface area contributed by atoms with Crippen LogP contribution in [-0.4, -0.2) is 29.0 Å². The highest BCUT2D eigenvalue weighted by Crippen LogP contribution is 2.21. The predicted octanol–water partition coefficient (Wildman–Crippen LogP) is 3.73. The molecule has 10 heteroatoms. The van der Waals surface area contributed by atoms with E-state index < -0.39 is 26.0 Å². The Morgan fingerprint density at radius 3 is 2.06 bits per heavy atom. The Bertz CT molecular complexity index is 1370. The second-order valence-corrected chi connectivity index (χ2v) is 10.8. The Hall–Kier alpha value is -3.37. The summed E-state index contributed by atoms with van der Waals surface area (Å²) >= 11 is 0. The highest BCUT2D eigenvalue weighted by Gasteiger charge is 2.15. The first kappa shape index (κ1) is 23.3. The molecule has 168 valence electrons. The van der Waals surface area contributed by atoms with Crippen molar-refractivity contribution in [3.8, 4) is 0 Å². The SMILES string of the molecule is Cc1cccc(NS(=O)(=O)c2ccc(NC(=O)c3ccc(NS(C)(=O)=O)c(C)c3)cc2)c1. The van der Waals surface area contributed by atoms with E-state index in [1.807, 2.05) is 13.0 Å². The molecule has 0 unspecified atom stereocenters. The molecule has 0 spiro atoms. The maximum Gasteiger partial charge on any atom is 0.261 e. The van der Waals surface area contributed by atoms with Crippen molar-refractivity contribution in [2.75, 3.05) is 21.0 Å². The summed E-state index contributed by atoms with van der Waals surface area (Å²) in [5.74, 6) is -0.410. The van der Waals surface area contributed by atoms with Gasteiger partial charge in [0.25, 0.3) is 15.9 Å². The van der Waals surface area contributed by atoms with Gasteiger partial charge in [0.2, 0.25) is 10.0 Å². The first-order chi connectivity index (χ1) is 14.9. The molecule has 1 amide bonds. The summed E-state index contributed by atoms with van der Waals surface area (Å²) in [7, 11) is -7.20. The number of aryl methyl sites for hydroxylation is 2. The number of carbonyl (C=O) groups is 1. The minimum atomic E-state index is -3.77. The molecule has 3 aromatic rings. The van der Waals surface area contributed by atoms with Gasteiger partial charge in [-0.05, 0) is 79.6 Å². The number of rotatable bonds is 7. The van der Waals surface area contributed by atoms with Crippen LogP contribution in [-0.2, 0) is 20.0 Å². The molecule has 0 heterocycles. The second kappa shape index (κ2) is 9.01. The molecule has 0 aliphatic heterocycles. The summed E-state index contributed by atoms with van der Waals surface area (Å²) in [6.07, 6.45) is 1.05. The van der Waals surface area contributed by atoms with E-state index in [0.717, 1.165) is 11.8 Å². The summed E-state index contributed by atoms with van der Waals surface area (Å²) in [5, 5.41) is 2.70. The predicted molar refractivity (Wildman–Crippen MR) is 126 cm³/mol. The molecular weight excluding hydrogens is 450 g/mol. The standard InChI is InChI=1S/C22H23N3O5S2/c1-15-5-4-6-19(13-15)24-32(29,30)20-10-8-18(9-11-20)23-22(26)17-7-12-21(16(2)14-17)25-31(3,27)28/h4-14,24-25H,1-3H3,(H,23,26). The monoisotopic (exact) mass is 473 g/mol. The molecule has 0 radical (unpaired) electrons. The zero-order valence-electron chi connectivity index (χ0n) is 17.7. The lowest BCUT2D eigenvalue weighted by molar-refractivity contribution is 0.102. The van der Waals surface area contributed by atoms with E-state index in [2.05, 4.69) is 14.8 Å². The fourth-order valence-corrected chi connectivity index (χ4v) is 4.64. The van der Waals surface area contributed by atoms with Crippen molar-refractivity contribution < 1.29 is 21.6 Å². The highest BCUT2D eigenvalue weighted by atomic mass is 32.2. The van der Waals surface area contributed by atoms with Gasteiger partial charge in [0.05, 0.1) is 16.8 Å². The number of benzene rings is 3. The average Bonchev–Trinajstić information content (AvgIpc) is 2.68. The fraction of sp³-hybridized carbons (Fsp3) is 0.136. The fourth-order valence-electron chi connectivity index (χ4n) is 2.96. The normalized spacial score (nSPS) is 11.6. The highest BCUT2D eigenvalue weighted by molar-refractivity contribution is 7.92. The van der Waals surface area contributed by atoms with Gasteiger partial charge >= 0.3 is 0 Å². The van der Waals surface area contributed by atoms with E-state index in [4.69, 9.17) is 0 Å². The molecular formula is C22H23N3O5S2. The maximum atomic E-state index is 12.6. The third kappa shape index (κ3) is 6.08. The molecule has 0 bridgehead atoms. The van der Waals surface area contributed by atoms with Crippen LogP contribution < -0.4 is 14.8 Å². The van der Waals surface area contributed by atoms with Crippen LogP contribution in [0.15, 0.2) is 71.6 Å². The molecule has 3 rings (SSSR count). The van der Waals surface area contributed by atoms with Gasteiger partial charge in [0.1, 0.15) is 0 Å². The Morgan fingerprint density at radius 2 is 1.47 bits per heavy atom. The van der Waals surface area contributed by atoms with Crippen LogP contribution in [0.25, 0.3) is 0 Å². The van der Waals surface area contributed by atoms with Crippen LogP contribution in [0, 0.1) is 13.8 Å². The molecule has 3 N–H and O–H groups in total. The summed E-state index contributed by atoms with van der Waals surface area (Å²) in [4.78, 5) is 12.6. The summed E-state index contributed by atoms with van der Waals surface area (Å²) in [6.45, 7) is 3.55. The van der Waals surface area contributed by atoms with Crippen LogP contribution in [0.4, 0.5) is 17.1 Å². The minimum absolute atomic E-state index is 0.0593. The smallest absolute Gasteiger partial charge is 0.261 e. The molecule has 0 aromatic heterocycles. The van der Waals surface area contributed by atoms with Gasteiger partial charge in [-0.2, -0.15) is 0 Å². The third-order valence-corrected chi connectivity index (χ3v) is 6.46. The molecule has 8 nitrogen and oxygen atoms in total. The summed E-state index contributed by atoms with van der Waals surface area (Å²) in [6, 6.07) is 17.4. The van der Waals surface area contributed by atoms with Crippen LogP contribution in [0.5, 0.6) is 0 Å². The largest absolute Gasteiger partial charge is 0.322 e. The van der Waals surface area contributed by atoms with Crippen molar-refractivity contribution in [1.29, 1.82) is 0 Å². The van der Waals surface area contributed by atoms with Gasteiger partial charge in [-0.15, -0.1) is 0 Å². The topological polar surface area (TPSA) is 121 Å². The Morgan fingerprint density at radius 1 is 0.781 bits per heavy atom. The first-order valence-electron chi connectivity index (χ1n) is 9.52. The van der Waals surface area contributed by atoms with Gasteiger partial charge in [0, 0.05) is 16.9 Å². The van der Waals surface area contributed by atoms with Crippen LogP contribution >= 0.6 is 0 Å². The lowest BCUT2D eigenvalue weighted by Gasteiger charge is -2.11. The Kier molecular flexibility index (Phi) is 6.56. The number of nitrogens with one attached hydrogen (secondary N) is 3. The van der Waals surface area contributed by atoms with Crippen LogP contribution in [0.1, 0.15) is 21.5 Å². The van der Waals surface area contributed by atoms with Gasteiger partial charge in [-0.1, -0.05) is 12.1 Å². The van der Waals surface area contributed by atoms with E-state index in [1.165, 1.54) is 36.4 Å². The maximum absolute atomic E-state index is 12.6. The zero-order chi connectivity index (χ0) is 23.5. The van der Waals surface area contributed by atoms with E-state index in [-0.39, 0.29) is 4.90 Å². The second-order valence-electron chi connectivity index (χ2n) is 7.36. The Balaban J connectivity index is 1.71. The molecule has 0 saturated heterocycles. The van der Waals surface area contributed by atoms with Crippen molar-refractivity contribution in [2.24, 2.45) is 0 Å². The van der Waals surface area contributed by atoms with Crippen molar-refractivity contribution in [3.63, 3.8) is 0 Å². The third-order valence-electron chi connectivity index (χ3n) is 4.48. The molecule has 0 aliphatic rings. The Labute approximate surface area is 187 Å². The molecule has 0 atom stereocenters. The molecule has 3 aromatic carbocycles. The molecule has 32 heavy (non-hydrogen) atoms. The van der Waals surface area contributed by atoms with E-state index >= 15 is 0 Å². The van der Waals surface area contributed by atoms with Crippen LogP contribution in [0.2, 0.25) is 0 Å². The summed E-state index contributed by atoms with van der Waals surface area (Å²) < 4.78 is 52.9. The first-order valence-corrected chi connectivity index (χ1v) is 12.9. The number of amides is 1. The average molecular weight is 474 g/mol. The molecule has 0 aliphatic carbocycles. The van der Waals surface area contributed by atoms with E-state index in [1.54, 1.807) is 31.2 Å². The number of hydrogen-bond donors (Lipinski definition) is 3. The van der Waals surface area contributed by atoms with Gasteiger partial charge < -0.3 is 5.32 Å². The minimum Gasteiger partial charge on any atom is -0.322 e. The van der Waals surface area contributed by atoms with E-state index in [0.29, 0.717) is 28.2 Å². The van der Waals surface area contributed by atoms with Crippen LogP contribution in [0.3, 0.4) is 0 Å². The number of anilines is 3. The van der Waals surface area contributed by atoms with E-state index in [9.17, 15) is 21.6 Å². The molecule has 0 saturated carbocycles. The van der Waals surface area contributed by atoms with Crippen molar-refractivity contribution in [3.05, 3.63) is 83.4 Å². The summed E-state index contributed by atoms with van der Waals surface area (Å²) in [5.41, 5.74) is 3.12.